The smallest absolute Gasteiger partial charge is 0.258 e. The molecule has 1 aromatic rings. The van der Waals surface area contributed by atoms with Crippen LogP contribution in [0.2, 0.25) is 0 Å². The minimum Gasteiger partial charge on any atom is -0.322 e. The lowest BCUT2D eigenvalue weighted by Crippen LogP contribution is -2.39. The predicted octanol–water partition coefficient (Wildman–Crippen LogP) is 4.30. The predicted molar refractivity (Wildman–Crippen MR) is 99.0 cm³/mol. The molecule has 3 rings (SSSR count). The number of fused-ring (bicyclic) bond motifs is 1. The molecule has 1 aliphatic carbocycles. The zero-order chi connectivity index (χ0) is 16.7. The highest BCUT2D eigenvalue weighted by Gasteiger charge is 2.53. The van der Waals surface area contributed by atoms with Crippen molar-refractivity contribution in [2.75, 3.05) is 0 Å². The fourth-order valence-corrected chi connectivity index (χ4v) is 10.6. The molecule has 1 amide bonds. The van der Waals surface area contributed by atoms with E-state index in [1.165, 1.54) is 5.57 Å². The van der Waals surface area contributed by atoms with Gasteiger partial charge in [-0.1, -0.05) is 23.5 Å². The minimum absolute atomic E-state index is 0.0102. The van der Waals surface area contributed by atoms with Gasteiger partial charge in [-0.05, 0) is 63.0 Å². The van der Waals surface area contributed by atoms with E-state index in [1.54, 1.807) is 35.9 Å². The first-order valence-corrected chi connectivity index (χ1v) is 11.8. The maximum Gasteiger partial charge on any atom is 0.258 e. The first-order chi connectivity index (χ1) is 10.8. The molecule has 4 nitrogen and oxygen atoms in total. The quantitative estimate of drug-likeness (QED) is 0.637. The highest BCUT2D eigenvalue weighted by molar-refractivity contribution is 8.69. The Hall–Kier alpha value is -0.680. The van der Waals surface area contributed by atoms with E-state index in [9.17, 15) is 4.79 Å². The normalized spacial score (nSPS) is 36.3. The van der Waals surface area contributed by atoms with Crippen LogP contribution in [0.4, 0.5) is 0 Å². The summed E-state index contributed by atoms with van der Waals surface area (Å²) in [5.74, 6) is 0.289. The second-order valence-electron chi connectivity index (χ2n) is 6.50. The number of carbonyl (C=O) groups excluding carboxylic acids is 1. The van der Waals surface area contributed by atoms with Crippen molar-refractivity contribution in [3.8, 4) is 0 Å². The second kappa shape index (κ2) is 6.32. The van der Waals surface area contributed by atoms with Crippen LogP contribution in [0.15, 0.2) is 36.7 Å². The summed E-state index contributed by atoms with van der Waals surface area (Å²) in [6, 6.07) is 3.47. The Morgan fingerprint density at radius 3 is 3.09 bits per heavy atom. The molecule has 1 saturated carbocycles. The van der Waals surface area contributed by atoms with Gasteiger partial charge in [-0.3, -0.25) is 14.9 Å². The Bertz CT molecular complexity index is 682. The molecule has 0 aromatic carbocycles. The standard InChI is InChI=1S/C16H21N2O2PS2/c1-11(2)12-6-7-16(3)14(9-12)20-21(22,23-16)18-15(19)13-5-4-8-17-10-13/h4-5,8,10,12,14H,1,6-7,9H2,2-3H3,(H,18,19,22)/t12-,14+,16+,21?/m0/s1. The van der Waals surface area contributed by atoms with Gasteiger partial charge in [0.1, 0.15) is 0 Å². The third-order valence-corrected chi connectivity index (χ3v) is 10.5. The monoisotopic (exact) mass is 368 g/mol. The summed E-state index contributed by atoms with van der Waals surface area (Å²) in [5, 5.41) is 2.96. The highest BCUT2D eigenvalue weighted by atomic mass is 32.9. The van der Waals surface area contributed by atoms with Crippen LogP contribution in [-0.2, 0) is 16.3 Å². The van der Waals surface area contributed by atoms with Gasteiger partial charge in [-0.2, -0.15) is 0 Å². The van der Waals surface area contributed by atoms with Crippen LogP contribution in [0.1, 0.15) is 43.5 Å². The number of aromatic nitrogens is 1. The minimum atomic E-state index is -2.43. The molecule has 124 valence electrons. The second-order valence-corrected chi connectivity index (χ2v) is 13.4. The Morgan fingerprint density at radius 2 is 2.43 bits per heavy atom. The van der Waals surface area contributed by atoms with Gasteiger partial charge in [-0.15, -0.1) is 0 Å². The number of amides is 1. The highest BCUT2D eigenvalue weighted by Crippen LogP contribution is 2.72. The summed E-state index contributed by atoms with van der Waals surface area (Å²) in [5.41, 5.74) is -0.703. The number of hydrogen-bond acceptors (Lipinski definition) is 5. The third-order valence-electron chi connectivity index (χ3n) is 4.62. The SMILES string of the molecule is C=C(C)[C@H]1CC[C@@]2(C)SP(=S)(NC(=O)c3cccnc3)O[C@@H]2C1. The van der Waals surface area contributed by atoms with Gasteiger partial charge in [0.05, 0.1) is 11.7 Å². The molecule has 2 heterocycles. The summed E-state index contributed by atoms with van der Waals surface area (Å²) >= 11 is 7.37. The maximum absolute atomic E-state index is 12.4. The van der Waals surface area contributed by atoms with Crippen LogP contribution in [0, 0.1) is 5.92 Å². The molecule has 0 bridgehead atoms. The van der Waals surface area contributed by atoms with E-state index in [1.807, 2.05) is 0 Å². The number of carbonyl (C=O) groups is 1. The van der Waals surface area contributed by atoms with Crippen LogP contribution < -0.4 is 5.09 Å². The molecule has 2 aliphatic rings. The van der Waals surface area contributed by atoms with Crippen molar-refractivity contribution in [2.24, 2.45) is 5.92 Å². The molecule has 1 aromatic heterocycles. The average Bonchev–Trinajstić information content (AvgIpc) is 2.76. The molecule has 1 unspecified atom stereocenters. The van der Waals surface area contributed by atoms with Gasteiger partial charge in [0, 0.05) is 17.1 Å². The Balaban J connectivity index is 1.74. The summed E-state index contributed by atoms with van der Waals surface area (Å²) in [6.07, 6.45) is 6.38. The lowest BCUT2D eigenvalue weighted by Gasteiger charge is -2.37. The zero-order valence-electron chi connectivity index (χ0n) is 13.3. The molecular formula is C16H21N2O2PS2. The Labute approximate surface area is 146 Å². The van der Waals surface area contributed by atoms with Crippen LogP contribution in [0.5, 0.6) is 0 Å². The fourth-order valence-electron chi connectivity index (χ4n) is 3.15. The van der Waals surface area contributed by atoms with Crippen LogP contribution in [0.3, 0.4) is 0 Å². The van der Waals surface area contributed by atoms with Gasteiger partial charge >= 0.3 is 0 Å². The molecule has 23 heavy (non-hydrogen) atoms. The topological polar surface area (TPSA) is 51.2 Å². The summed E-state index contributed by atoms with van der Waals surface area (Å²) in [6.45, 7) is 8.37. The first-order valence-electron chi connectivity index (χ1n) is 7.68. The van der Waals surface area contributed by atoms with Crippen molar-refractivity contribution in [1.29, 1.82) is 0 Å². The molecule has 4 atom stereocenters. The van der Waals surface area contributed by atoms with Crippen LogP contribution in [-0.4, -0.2) is 21.7 Å². The Kier molecular flexibility index (Phi) is 4.71. The zero-order valence-corrected chi connectivity index (χ0v) is 15.8. The molecule has 0 spiro atoms. The van der Waals surface area contributed by atoms with Crippen molar-refractivity contribution in [1.82, 2.24) is 10.1 Å². The number of hydrogen-bond donors (Lipinski definition) is 1. The lowest BCUT2D eigenvalue weighted by molar-refractivity contribution is 0.0965. The van der Waals surface area contributed by atoms with Gasteiger partial charge in [0.25, 0.3) is 5.91 Å². The van der Waals surface area contributed by atoms with E-state index in [4.69, 9.17) is 16.3 Å². The number of nitrogens with one attached hydrogen (secondary N) is 1. The largest absolute Gasteiger partial charge is 0.322 e. The number of nitrogens with zero attached hydrogens (tertiary/aromatic N) is 1. The molecular weight excluding hydrogens is 347 g/mol. The molecule has 1 N–H and O–H groups in total. The van der Waals surface area contributed by atoms with E-state index in [-0.39, 0.29) is 16.8 Å². The van der Waals surface area contributed by atoms with Crippen LogP contribution >= 0.6 is 17.0 Å². The van der Waals surface area contributed by atoms with Crippen molar-refractivity contribution < 1.29 is 9.32 Å². The van der Waals surface area contributed by atoms with E-state index in [2.05, 4.69) is 30.5 Å². The fraction of sp³-hybridized carbons (Fsp3) is 0.500. The summed E-state index contributed by atoms with van der Waals surface area (Å²) < 4.78 is 6.21. The van der Waals surface area contributed by atoms with Crippen molar-refractivity contribution in [3.05, 3.63) is 42.2 Å². The molecule has 1 aliphatic heterocycles. The van der Waals surface area contributed by atoms with Gasteiger partial charge in [0.15, 0.2) is 0 Å². The third kappa shape index (κ3) is 3.55. The summed E-state index contributed by atoms with van der Waals surface area (Å²) in [4.78, 5) is 16.4. The van der Waals surface area contributed by atoms with Crippen molar-refractivity contribution in [3.63, 3.8) is 0 Å². The van der Waals surface area contributed by atoms with Gasteiger partial charge in [0.2, 0.25) is 5.62 Å². The summed E-state index contributed by atoms with van der Waals surface area (Å²) in [7, 11) is 0. The lowest BCUT2D eigenvalue weighted by atomic mass is 9.77. The number of rotatable bonds is 3. The number of allylic oxidation sites excluding steroid dienone is 1. The maximum atomic E-state index is 12.4. The first kappa shape index (κ1) is 17.2. The van der Waals surface area contributed by atoms with Gasteiger partial charge in [-0.25, -0.2) is 0 Å². The van der Waals surface area contributed by atoms with Gasteiger partial charge < -0.3 is 4.52 Å². The molecule has 2 fully saturated rings. The van der Waals surface area contributed by atoms with E-state index < -0.39 is 5.62 Å². The van der Waals surface area contributed by atoms with E-state index >= 15 is 0 Å². The molecule has 1 saturated heterocycles. The van der Waals surface area contributed by atoms with Crippen LogP contribution in [0.25, 0.3) is 0 Å². The van der Waals surface area contributed by atoms with Crippen molar-refractivity contribution >= 4 is 34.7 Å². The molecule has 7 heteroatoms. The van der Waals surface area contributed by atoms with Crippen molar-refractivity contribution in [2.45, 2.75) is 44.0 Å². The molecule has 0 radical (unpaired) electrons. The van der Waals surface area contributed by atoms with E-state index in [0.717, 1.165) is 19.3 Å². The van der Waals surface area contributed by atoms with E-state index in [0.29, 0.717) is 11.5 Å². The Morgan fingerprint density at radius 1 is 1.65 bits per heavy atom. The number of pyridine rings is 1. The average molecular weight is 368 g/mol.